The van der Waals surface area contributed by atoms with Gasteiger partial charge in [0.2, 0.25) is 0 Å². The van der Waals surface area contributed by atoms with Crippen molar-refractivity contribution in [3.63, 3.8) is 0 Å². The van der Waals surface area contributed by atoms with Gasteiger partial charge in [-0.05, 0) is 24.6 Å². The minimum atomic E-state index is -0.299. The molecule has 1 aromatic carbocycles. The molecule has 0 spiro atoms. The van der Waals surface area contributed by atoms with Gasteiger partial charge in [0.25, 0.3) is 0 Å². The first kappa shape index (κ1) is 10.9. The standard InChI is InChI=1S/C11H12FNS/c1-8-6-10(12)7-9(11(8)13)4-2-3-5-14/h6-7,14H,3,5,13H2,1H3. The van der Waals surface area contributed by atoms with Gasteiger partial charge in [-0.25, -0.2) is 4.39 Å². The number of hydrogen-bond donors (Lipinski definition) is 2. The molecule has 0 amide bonds. The normalized spacial score (nSPS) is 9.36. The van der Waals surface area contributed by atoms with Crippen LogP contribution in [0.3, 0.4) is 0 Å². The molecule has 14 heavy (non-hydrogen) atoms. The van der Waals surface area contributed by atoms with Crippen molar-refractivity contribution in [3.8, 4) is 11.8 Å². The molecule has 0 aliphatic rings. The predicted molar refractivity (Wildman–Crippen MR) is 60.9 cm³/mol. The number of nitrogens with two attached hydrogens (primary N) is 1. The maximum Gasteiger partial charge on any atom is 0.124 e. The van der Waals surface area contributed by atoms with Crippen LogP contribution < -0.4 is 5.73 Å². The molecule has 2 N–H and O–H groups in total. The van der Waals surface area contributed by atoms with E-state index in [9.17, 15) is 4.39 Å². The van der Waals surface area contributed by atoms with Gasteiger partial charge in [-0.2, -0.15) is 12.6 Å². The second-order valence-electron chi connectivity index (χ2n) is 2.96. The van der Waals surface area contributed by atoms with Crippen LogP contribution >= 0.6 is 12.6 Å². The van der Waals surface area contributed by atoms with Crippen molar-refractivity contribution >= 4 is 18.3 Å². The van der Waals surface area contributed by atoms with Crippen molar-refractivity contribution in [1.82, 2.24) is 0 Å². The van der Waals surface area contributed by atoms with Crippen LogP contribution in [0.15, 0.2) is 12.1 Å². The lowest BCUT2D eigenvalue weighted by Crippen LogP contribution is -1.95. The van der Waals surface area contributed by atoms with Crippen molar-refractivity contribution in [2.75, 3.05) is 11.5 Å². The molecule has 0 fully saturated rings. The zero-order valence-corrected chi connectivity index (χ0v) is 8.87. The maximum atomic E-state index is 13.0. The Balaban J connectivity index is 3.04. The summed E-state index contributed by atoms with van der Waals surface area (Å²) in [5.74, 6) is 6.10. The molecule has 1 nitrogen and oxygen atoms in total. The first-order valence-corrected chi connectivity index (χ1v) is 4.93. The third-order valence-electron chi connectivity index (χ3n) is 1.81. The number of rotatable bonds is 1. The van der Waals surface area contributed by atoms with Crippen LogP contribution in [0.1, 0.15) is 17.5 Å². The summed E-state index contributed by atoms with van der Waals surface area (Å²) < 4.78 is 13.0. The fourth-order valence-corrected chi connectivity index (χ4v) is 1.18. The van der Waals surface area contributed by atoms with E-state index in [0.29, 0.717) is 23.4 Å². The van der Waals surface area contributed by atoms with E-state index in [1.54, 1.807) is 6.92 Å². The van der Waals surface area contributed by atoms with Gasteiger partial charge in [0.15, 0.2) is 0 Å². The molecular weight excluding hydrogens is 197 g/mol. The average Bonchev–Trinajstić information content (AvgIpc) is 2.13. The Morgan fingerprint density at radius 1 is 1.50 bits per heavy atom. The molecule has 0 aromatic heterocycles. The van der Waals surface area contributed by atoms with E-state index in [0.717, 1.165) is 5.56 Å². The molecule has 0 radical (unpaired) electrons. The summed E-state index contributed by atoms with van der Waals surface area (Å²) in [4.78, 5) is 0. The third-order valence-corrected chi connectivity index (χ3v) is 2.04. The Morgan fingerprint density at radius 3 is 2.86 bits per heavy atom. The number of halogens is 1. The highest BCUT2D eigenvalue weighted by Gasteiger charge is 2.02. The Hall–Kier alpha value is -1.14. The van der Waals surface area contributed by atoms with Crippen LogP contribution in [-0.2, 0) is 0 Å². The average molecular weight is 209 g/mol. The van der Waals surface area contributed by atoms with E-state index >= 15 is 0 Å². The number of benzene rings is 1. The van der Waals surface area contributed by atoms with Crippen molar-refractivity contribution in [2.24, 2.45) is 0 Å². The van der Waals surface area contributed by atoms with E-state index in [4.69, 9.17) is 5.73 Å². The van der Waals surface area contributed by atoms with Gasteiger partial charge in [-0.1, -0.05) is 11.8 Å². The van der Waals surface area contributed by atoms with Crippen LogP contribution in [0.25, 0.3) is 0 Å². The van der Waals surface area contributed by atoms with Crippen LogP contribution in [0.5, 0.6) is 0 Å². The summed E-state index contributed by atoms with van der Waals surface area (Å²) in [5.41, 5.74) is 7.58. The monoisotopic (exact) mass is 209 g/mol. The van der Waals surface area contributed by atoms with Gasteiger partial charge >= 0.3 is 0 Å². The van der Waals surface area contributed by atoms with Gasteiger partial charge < -0.3 is 5.73 Å². The second-order valence-corrected chi connectivity index (χ2v) is 3.41. The van der Waals surface area contributed by atoms with Gasteiger partial charge in [0, 0.05) is 12.2 Å². The lowest BCUT2D eigenvalue weighted by molar-refractivity contribution is 0.626. The Labute approximate surface area is 88.9 Å². The highest BCUT2D eigenvalue weighted by molar-refractivity contribution is 7.80. The summed E-state index contributed by atoms with van der Waals surface area (Å²) >= 11 is 4.03. The van der Waals surface area contributed by atoms with E-state index in [2.05, 4.69) is 24.5 Å². The number of hydrogen-bond acceptors (Lipinski definition) is 2. The first-order chi connectivity index (χ1) is 6.65. The van der Waals surface area contributed by atoms with Crippen LogP contribution in [0, 0.1) is 24.6 Å². The van der Waals surface area contributed by atoms with Crippen molar-refractivity contribution in [3.05, 3.63) is 29.1 Å². The SMILES string of the molecule is Cc1cc(F)cc(C#CCCS)c1N. The van der Waals surface area contributed by atoms with E-state index in [1.807, 2.05) is 0 Å². The van der Waals surface area contributed by atoms with Gasteiger partial charge in [-0.3, -0.25) is 0 Å². The van der Waals surface area contributed by atoms with Gasteiger partial charge in [0.1, 0.15) is 5.82 Å². The minimum absolute atomic E-state index is 0.299. The highest BCUT2D eigenvalue weighted by Crippen LogP contribution is 2.17. The topological polar surface area (TPSA) is 26.0 Å². The van der Waals surface area contributed by atoms with Crippen LogP contribution in [-0.4, -0.2) is 5.75 Å². The summed E-state index contributed by atoms with van der Waals surface area (Å²) in [6.45, 7) is 1.77. The Bertz CT molecular complexity index is 390. The molecule has 1 aromatic rings. The van der Waals surface area contributed by atoms with Crippen molar-refractivity contribution in [2.45, 2.75) is 13.3 Å². The number of nitrogen functional groups attached to an aromatic ring is 1. The molecule has 0 bridgehead atoms. The summed E-state index contributed by atoms with van der Waals surface area (Å²) in [7, 11) is 0. The number of aryl methyl sites for hydroxylation is 1. The molecule has 0 aliphatic heterocycles. The Morgan fingerprint density at radius 2 is 2.21 bits per heavy atom. The summed E-state index contributed by atoms with van der Waals surface area (Å²) in [6, 6.07) is 2.76. The minimum Gasteiger partial charge on any atom is -0.397 e. The zero-order chi connectivity index (χ0) is 10.6. The first-order valence-electron chi connectivity index (χ1n) is 4.30. The molecule has 74 valence electrons. The van der Waals surface area contributed by atoms with E-state index < -0.39 is 0 Å². The maximum absolute atomic E-state index is 13.0. The molecule has 0 unspecified atom stereocenters. The van der Waals surface area contributed by atoms with E-state index in [1.165, 1.54) is 12.1 Å². The summed E-state index contributed by atoms with van der Waals surface area (Å²) in [5, 5.41) is 0. The molecule has 0 aliphatic carbocycles. The molecule has 0 saturated carbocycles. The lowest BCUT2D eigenvalue weighted by Gasteiger charge is -2.02. The van der Waals surface area contributed by atoms with Crippen LogP contribution in [0.4, 0.5) is 10.1 Å². The van der Waals surface area contributed by atoms with E-state index in [-0.39, 0.29) is 5.82 Å². The lowest BCUT2D eigenvalue weighted by atomic mass is 10.1. The molecule has 0 atom stereocenters. The fourth-order valence-electron chi connectivity index (χ4n) is 1.07. The third kappa shape index (κ3) is 2.68. The zero-order valence-electron chi connectivity index (χ0n) is 7.97. The molecule has 0 saturated heterocycles. The molecular formula is C11H12FNS. The molecule has 1 rings (SSSR count). The molecule has 3 heteroatoms. The largest absolute Gasteiger partial charge is 0.397 e. The quantitative estimate of drug-likeness (QED) is 0.414. The fraction of sp³-hybridized carbons (Fsp3) is 0.273. The highest BCUT2D eigenvalue weighted by atomic mass is 32.1. The smallest absolute Gasteiger partial charge is 0.124 e. The Kier molecular flexibility index (Phi) is 3.84. The van der Waals surface area contributed by atoms with Crippen LogP contribution in [0.2, 0.25) is 0 Å². The number of anilines is 1. The van der Waals surface area contributed by atoms with Gasteiger partial charge in [-0.15, -0.1) is 0 Å². The van der Waals surface area contributed by atoms with Crippen molar-refractivity contribution in [1.29, 1.82) is 0 Å². The number of thiol groups is 1. The second kappa shape index (κ2) is 4.92. The summed E-state index contributed by atoms with van der Waals surface area (Å²) in [6.07, 6.45) is 0.679. The predicted octanol–water partition coefficient (Wildman–Crippen LogP) is 2.39. The molecule has 0 heterocycles. The van der Waals surface area contributed by atoms with Gasteiger partial charge in [0.05, 0.1) is 11.3 Å². The van der Waals surface area contributed by atoms with Crippen molar-refractivity contribution < 1.29 is 4.39 Å².